The van der Waals surface area contributed by atoms with E-state index < -0.39 is 0 Å². The summed E-state index contributed by atoms with van der Waals surface area (Å²) >= 11 is 1.93. The molecule has 0 aromatic heterocycles. The van der Waals surface area contributed by atoms with Gasteiger partial charge < -0.3 is 9.64 Å². The molecule has 0 radical (unpaired) electrons. The van der Waals surface area contributed by atoms with Crippen molar-refractivity contribution in [2.24, 2.45) is 5.92 Å². The summed E-state index contributed by atoms with van der Waals surface area (Å²) in [6.45, 7) is 12.4. The van der Waals surface area contributed by atoms with Gasteiger partial charge in [0.1, 0.15) is 0 Å². The molecule has 3 heteroatoms. The molecule has 1 spiro atoms. The number of fused-ring (bicyclic) bond motifs is 7. The zero-order chi connectivity index (χ0) is 29.8. The van der Waals surface area contributed by atoms with Gasteiger partial charge in [-0.15, -0.1) is 0 Å². The largest absolute Gasteiger partial charge is 0.378 e. The standard InChI is InChI=1S/C36H39NOS.C4H10/c1-3-8-26-15-17-36(18-16-26)30-11-6-5-10-28(30)35-29-24-34(39-33-12-7-4-9-25(33)2)32(37-19-21-38-22-20-37)23-27(29)13-14-31(35)36;1-3-4-2/h4-7,9-14,23-24,26H,3,8,15-22H2,1-2H3;3-4H2,1-2H3. The van der Waals surface area contributed by atoms with Crippen LogP contribution < -0.4 is 4.90 Å². The van der Waals surface area contributed by atoms with Crippen LogP contribution in [-0.4, -0.2) is 26.3 Å². The zero-order valence-electron chi connectivity index (χ0n) is 26.8. The fourth-order valence-corrected chi connectivity index (χ4v) is 8.70. The van der Waals surface area contributed by atoms with Crippen molar-refractivity contribution in [3.63, 3.8) is 0 Å². The Balaban J connectivity index is 0.000000777. The third-order valence-electron chi connectivity index (χ3n) is 10.1. The molecule has 0 atom stereocenters. The summed E-state index contributed by atoms with van der Waals surface area (Å²) < 4.78 is 5.72. The normalized spacial score (nSPS) is 20.9. The molecule has 4 aromatic carbocycles. The average Bonchev–Trinajstić information content (AvgIpc) is 3.33. The number of ether oxygens (including phenoxy) is 1. The van der Waals surface area contributed by atoms with Gasteiger partial charge in [0.25, 0.3) is 0 Å². The van der Waals surface area contributed by atoms with Crippen molar-refractivity contribution in [1.82, 2.24) is 0 Å². The first kappa shape index (κ1) is 30.3. The number of nitrogens with zero attached hydrogens (tertiary/aromatic N) is 1. The van der Waals surface area contributed by atoms with Crippen LogP contribution in [0.15, 0.2) is 82.6 Å². The van der Waals surface area contributed by atoms with E-state index in [-0.39, 0.29) is 5.41 Å². The van der Waals surface area contributed by atoms with E-state index in [0.717, 1.165) is 32.2 Å². The highest BCUT2D eigenvalue weighted by molar-refractivity contribution is 7.99. The quantitative estimate of drug-likeness (QED) is 0.221. The van der Waals surface area contributed by atoms with Crippen LogP contribution in [0.1, 0.15) is 88.8 Å². The van der Waals surface area contributed by atoms with E-state index >= 15 is 0 Å². The summed E-state index contributed by atoms with van der Waals surface area (Å²) in [4.78, 5) is 5.23. The van der Waals surface area contributed by atoms with Gasteiger partial charge in [0.2, 0.25) is 0 Å². The van der Waals surface area contributed by atoms with Gasteiger partial charge in [-0.05, 0) is 95.3 Å². The SMILES string of the molecule is CCCC.CCCC1CCC2(CC1)c1ccccc1-c1c2ccc2cc(N3CCOCC3)c(Sc3ccccc3C)cc12. The average molecular weight is 592 g/mol. The molecule has 0 bridgehead atoms. The number of hydrogen-bond acceptors (Lipinski definition) is 3. The number of anilines is 1. The van der Waals surface area contributed by atoms with E-state index in [0.29, 0.717) is 0 Å². The third-order valence-corrected chi connectivity index (χ3v) is 11.4. The summed E-state index contributed by atoms with van der Waals surface area (Å²) in [5.74, 6) is 0.894. The number of aryl methyl sites for hydroxylation is 1. The molecule has 2 fully saturated rings. The summed E-state index contributed by atoms with van der Waals surface area (Å²) in [6, 6.07) is 28.0. The van der Waals surface area contributed by atoms with Crippen LogP contribution in [-0.2, 0) is 10.2 Å². The highest BCUT2D eigenvalue weighted by Crippen LogP contribution is 2.58. The monoisotopic (exact) mass is 591 g/mol. The lowest BCUT2D eigenvalue weighted by molar-refractivity contribution is 0.122. The topological polar surface area (TPSA) is 12.5 Å². The lowest BCUT2D eigenvalue weighted by Gasteiger charge is -2.39. The van der Waals surface area contributed by atoms with Gasteiger partial charge in [0.05, 0.1) is 18.9 Å². The minimum atomic E-state index is 0.177. The Bertz CT molecular complexity index is 1540. The summed E-state index contributed by atoms with van der Waals surface area (Å²) in [5, 5.41) is 2.77. The Kier molecular flexibility index (Phi) is 9.50. The second-order valence-corrected chi connectivity index (χ2v) is 13.9. The molecule has 226 valence electrons. The van der Waals surface area contributed by atoms with Crippen molar-refractivity contribution in [2.75, 3.05) is 31.2 Å². The van der Waals surface area contributed by atoms with Crippen LogP contribution >= 0.6 is 11.8 Å². The van der Waals surface area contributed by atoms with Gasteiger partial charge in [0, 0.05) is 28.3 Å². The van der Waals surface area contributed by atoms with Gasteiger partial charge in [0.15, 0.2) is 0 Å². The molecule has 1 heterocycles. The first-order chi connectivity index (χ1) is 21.1. The van der Waals surface area contributed by atoms with Gasteiger partial charge in [-0.1, -0.05) is 113 Å². The van der Waals surface area contributed by atoms with Gasteiger partial charge >= 0.3 is 0 Å². The molecule has 1 saturated carbocycles. The van der Waals surface area contributed by atoms with Crippen molar-refractivity contribution >= 4 is 28.2 Å². The molecule has 0 amide bonds. The van der Waals surface area contributed by atoms with E-state index in [2.05, 4.69) is 105 Å². The van der Waals surface area contributed by atoms with Crippen LogP contribution in [0.25, 0.3) is 21.9 Å². The first-order valence-electron chi connectivity index (χ1n) is 16.9. The second-order valence-electron chi connectivity index (χ2n) is 12.9. The van der Waals surface area contributed by atoms with Crippen LogP contribution in [0.4, 0.5) is 5.69 Å². The number of hydrogen-bond donors (Lipinski definition) is 0. The summed E-state index contributed by atoms with van der Waals surface area (Å²) in [7, 11) is 0. The van der Waals surface area contributed by atoms with Gasteiger partial charge in [-0.3, -0.25) is 0 Å². The molecule has 1 aliphatic heterocycles. The highest BCUT2D eigenvalue weighted by atomic mass is 32.2. The Labute approximate surface area is 264 Å². The maximum Gasteiger partial charge on any atom is 0.0642 e. The number of rotatable bonds is 6. The molecule has 43 heavy (non-hydrogen) atoms. The van der Waals surface area contributed by atoms with Crippen molar-refractivity contribution in [3.8, 4) is 11.1 Å². The maximum absolute atomic E-state index is 5.72. The predicted molar refractivity (Wildman–Crippen MR) is 186 cm³/mol. The molecule has 1 saturated heterocycles. The first-order valence-corrected chi connectivity index (χ1v) is 17.7. The Morgan fingerprint density at radius 1 is 0.791 bits per heavy atom. The molecule has 4 aromatic rings. The molecule has 0 unspecified atom stereocenters. The Morgan fingerprint density at radius 3 is 2.23 bits per heavy atom. The molecular weight excluding hydrogens is 543 g/mol. The fraction of sp³-hybridized carbons (Fsp3) is 0.450. The molecule has 2 aliphatic carbocycles. The van der Waals surface area contributed by atoms with Gasteiger partial charge in [-0.2, -0.15) is 0 Å². The van der Waals surface area contributed by atoms with E-state index in [1.54, 1.807) is 11.1 Å². The van der Waals surface area contributed by atoms with Gasteiger partial charge in [-0.25, -0.2) is 0 Å². The molecule has 3 aliphatic rings. The smallest absolute Gasteiger partial charge is 0.0642 e. The summed E-state index contributed by atoms with van der Waals surface area (Å²) in [5.41, 5.74) is 8.98. The number of morpholine rings is 1. The van der Waals surface area contributed by atoms with Crippen LogP contribution in [0.3, 0.4) is 0 Å². The van der Waals surface area contributed by atoms with Crippen molar-refractivity contribution in [3.05, 3.63) is 89.5 Å². The summed E-state index contributed by atoms with van der Waals surface area (Å²) in [6.07, 6.45) is 10.6. The molecular formula is C40H49NOS. The molecule has 0 N–H and O–H groups in total. The van der Waals surface area contributed by atoms with Crippen molar-refractivity contribution in [1.29, 1.82) is 0 Å². The minimum Gasteiger partial charge on any atom is -0.378 e. The maximum atomic E-state index is 5.72. The third kappa shape index (κ3) is 5.88. The molecule has 2 nitrogen and oxygen atoms in total. The Morgan fingerprint density at radius 2 is 1.51 bits per heavy atom. The number of benzene rings is 4. The minimum absolute atomic E-state index is 0.177. The Hall–Kier alpha value is -2.75. The zero-order valence-corrected chi connectivity index (χ0v) is 27.6. The van der Waals surface area contributed by atoms with Crippen molar-refractivity contribution < 1.29 is 4.74 Å². The number of unbranched alkanes of at least 4 members (excludes halogenated alkanes) is 1. The van der Waals surface area contributed by atoms with Crippen molar-refractivity contribution in [2.45, 2.75) is 94.3 Å². The van der Waals surface area contributed by atoms with E-state index in [9.17, 15) is 0 Å². The van der Waals surface area contributed by atoms with Crippen LogP contribution in [0.5, 0.6) is 0 Å². The second kappa shape index (κ2) is 13.5. The lowest BCUT2D eigenvalue weighted by atomic mass is 9.64. The van der Waals surface area contributed by atoms with E-state index in [4.69, 9.17) is 4.74 Å². The lowest BCUT2D eigenvalue weighted by Crippen LogP contribution is -2.36. The highest BCUT2D eigenvalue weighted by Gasteiger charge is 2.45. The van der Waals surface area contributed by atoms with E-state index in [1.165, 1.54) is 94.3 Å². The van der Waals surface area contributed by atoms with Crippen LogP contribution in [0, 0.1) is 12.8 Å². The van der Waals surface area contributed by atoms with Crippen LogP contribution in [0.2, 0.25) is 0 Å². The predicted octanol–water partition coefficient (Wildman–Crippen LogP) is 11.2. The molecule has 7 rings (SSSR count). The fourth-order valence-electron chi connectivity index (χ4n) is 7.62. The van der Waals surface area contributed by atoms with E-state index in [1.807, 2.05) is 11.8 Å².